The number of hydrogen-bond donors (Lipinski definition) is 3. The second-order valence-corrected chi connectivity index (χ2v) is 10.4. The van der Waals surface area contributed by atoms with Gasteiger partial charge in [-0.25, -0.2) is 0 Å². The molecule has 0 saturated heterocycles. The molecule has 5 rings (SSSR count). The van der Waals surface area contributed by atoms with Crippen LogP contribution in [0.4, 0.5) is 17.1 Å². The molecular formula is C32H33N5O3. The number of carbonyl (C=O) groups excluding carboxylic acids is 3. The monoisotopic (exact) mass is 535 g/mol. The van der Waals surface area contributed by atoms with Gasteiger partial charge in [0, 0.05) is 17.8 Å². The molecule has 0 spiro atoms. The summed E-state index contributed by atoms with van der Waals surface area (Å²) >= 11 is 0. The predicted octanol–water partition coefficient (Wildman–Crippen LogP) is 4.00. The lowest BCUT2D eigenvalue weighted by atomic mass is 9.83. The fraction of sp³-hybridized carbons (Fsp3) is 0.219. The van der Waals surface area contributed by atoms with Crippen LogP contribution in [0.25, 0.3) is 10.8 Å². The third kappa shape index (κ3) is 4.56. The quantitative estimate of drug-likeness (QED) is 0.322. The van der Waals surface area contributed by atoms with E-state index in [2.05, 4.69) is 11.4 Å². The van der Waals surface area contributed by atoms with Gasteiger partial charge in [0.05, 0.1) is 23.8 Å². The van der Waals surface area contributed by atoms with Crippen molar-refractivity contribution in [3.05, 3.63) is 102 Å². The molecule has 1 heterocycles. The summed E-state index contributed by atoms with van der Waals surface area (Å²) in [6.07, 6.45) is 0. The van der Waals surface area contributed by atoms with Crippen LogP contribution in [0.1, 0.15) is 28.4 Å². The SMILES string of the molecule is CNC(C)(C(N)=O)[C@@H]1CN(C(=O)c2ccc(N)cc2)c2ccccc2N(Cc2c(C)ccc3ccccc23)C1=O. The van der Waals surface area contributed by atoms with Crippen molar-refractivity contribution in [1.82, 2.24) is 5.32 Å². The number of hydrogen-bond acceptors (Lipinski definition) is 5. The Balaban J connectivity index is 1.71. The van der Waals surface area contributed by atoms with Gasteiger partial charge >= 0.3 is 0 Å². The molecule has 1 aliphatic rings. The Labute approximate surface area is 233 Å². The van der Waals surface area contributed by atoms with E-state index in [1.165, 1.54) is 0 Å². The fourth-order valence-corrected chi connectivity index (χ4v) is 5.44. The van der Waals surface area contributed by atoms with E-state index < -0.39 is 17.4 Å². The number of nitrogens with two attached hydrogens (primary N) is 2. The first kappa shape index (κ1) is 26.9. The van der Waals surface area contributed by atoms with Crippen molar-refractivity contribution in [1.29, 1.82) is 0 Å². The summed E-state index contributed by atoms with van der Waals surface area (Å²) in [7, 11) is 1.60. The summed E-state index contributed by atoms with van der Waals surface area (Å²) in [6, 6.07) is 26.1. The van der Waals surface area contributed by atoms with E-state index >= 15 is 0 Å². The molecule has 1 unspecified atom stereocenters. The molecule has 0 bridgehead atoms. The zero-order valence-corrected chi connectivity index (χ0v) is 22.8. The summed E-state index contributed by atoms with van der Waals surface area (Å²) in [4.78, 5) is 44.6. The Kier molecular flexibility index (Phi) is 7.04. The van der Waals surface area contributed by atoms with Crippen molar-refractivity contribution in [2.75, 3.05) is 29.1 Å². The highest BCUT2D eigenvalue weighted by molar-refractivity contribution is 6.13. The molecule has 0 aromatic heterocycles. The van der Waals surface area contributed by atoms with Gasteiger partial charge in [0.15, 0.2) is 0 Å². The molecule has 4 aromatic rings. The van der Waals surface area contributed by atoms with Crippen molar-refractivity contribution >= 4 is 45.6 Å². The third-order valence-electron chi connectivity index (χ3n) is 8.11. The summed E-state index contributed by atoms with van der Waals surface area (Å²) < 4.78 is 0. The normalized spacial score (nSPS) is 16.8. The summed E-state index contributed by atoms with van der Waals surface area (Å²) in [5.74, 6) is -2.27. The number of nitrogens with one attached hydrogen (secondary N) is 1. The molecule has 0 radical (unpaired) electrons. The lowest BCUT2D eigenvalue weighted by Crippen LogP contribution is -2.63. The highest BCUT2D eigenvalue weighted by Gasteiger charge is 2.48. The zero-order chi connectivity index (χ0) is 28.6. The van der Waals surface area contributed by atoms with Crippen molar-refractivity contribution in [2.24, 2.45) is 11.7 Å². The van der Waals surface area contributed by atoms with Crippen LogP contribution >= 0.6 is 0 Å². The number of rotatable bonds is 6. The molecule has 8 nitrogen and oxygen atoms in total. The molecule has 0 aliphatic carbocycles. The first-order valence-corrected chi connectivity index (χ1v) is 13.2. The number of nitrogens with zero attached hydrogens (tertiary/aromatic N) is 2. The van der Waals surface area contributed by atoms with Gasteiger partial charge in [-0.2, -0.15) is 0 Å². The van der Waals surface area contributed by atoms with E-state index in [1.807, 2.05) is 61.5 Å². The number of anilines is 3. The minimum absolute atomic E-state index is 0.0512. The maximum absolute atomic E-state index is 14.5. The fourth-order valence-electron chi connectivity index (χ4n) is 5.44. The highest BCUT2D eigenvalue weighted by atomic mass is 16.2. The number of amides is 3. The molecule has 204 valence electrons. The van der Waals surface area contributed by atoms with Crippen LogP contribution in [0.2, 0.25) is 0 Å². The maximum Gasteiger partial charge on any atom is 0.258 e. The van der Waals surface area contributed by atoms with Gasteiger partial charge in [-0.05, 0) is 79.2 Å². The molecular weight excluding hydrogens is 502 g/mol. The van der Waals surface area contributed by atoms with Crippen molar-refractivity contribution < 1.29 is 14.4 Å². The second kappa shape index (κ2) is 10.5. The molecule has 2 atom stereocenters. The standard InChI is InChI=1S/C32H33N5O3/c1-20-12-13-21-8-4-5-9-24(21)25(20)18-36-27-10-6-7-11-28(27)37(29(38)22-14-16-23(33)17-15-22)19-26(30(36)39)32(2,35-3)31(34)40/h4-17,26,35H,18-19,33H2,1-3H3,(H2,34,40)/t26-,32?/m1/s1. The Bertz CT molecular complexity index is 1620. The van der Waals surface area contributed by atoms with Crippen molar-refractivity contribution in [2.45, 2.75) is 25.9 Å². The third-order valence-corrected chi connectivity index (χ3v) is 8.11. The van der Waals surface area contributed by atoms with Crippen LogP contribution in [0.5, 0.6) is 0 Å². The van der Waals surface area contributed by atoms with Crippen LogP contribution in [0.3, 0.4) is 0 Å². The molecule has 40 heavy (non-hydrogen) atoms. The van der Waals surface area contributed by atoms with E-state index in [0.29, 0.717) is 22.6 Å². The van der Waals surface area contributed by atoms with Gasteiger partial charge in [0.25, 0.3) is 5.91 Å². The van der Waals surface area contributed by atoms with Gasteiger partial charge in [-0.1, -0.05) is 48.5 Å². The van der Waals surface area contributed by atoms with Gasteiger partial charge in [0.1, 0.15) is 5.54 Å². The number of nitrogen functional groups attached to an aromatic ring is 1. The molecule has 5 N–H and O–H groups in total. The smallest absolute Gasteiger partial charge is 0.258 e. The molecule has 1 aliphatic heterocycles. The van der Waals surface area contributed by atoms with E-state index in [0.717, 1.165) is 21.9 Å². The highest BCUT2D eigenvalue weighted by Crippen LogP contribution is 2.39. The molecule has 8 heteroatoms. The minimum Gasteiger partial charge on any atom is -0.399 e. The number of fused-ring (bicyclic) bond motifs is 2. The average molecular weight is 536 g/mol. The number of likely N-dealkylation sites (N-methyl/N-ethyl adjacent to an activating group) is 1. The van der Waals surface area contributed by atoms with Gasteiger partial charge in [-0.15, -0.1) is 0 Å². The molecule has 4 aromatic carbocycles. The van der Waals surface area contributed by atoms with Gasteiger partial charge in [0.2, 0.25) is 11.8 Å². The Hall–Kier alpha value is -4.69. The minimum atomic E-state index is -1.43. The summed E-state index contributed by atoms with van der Waals surface area (Å²) in [5.41, 5.74) is 14.4. The van der Waals surface area contributed by atoms with E-state index in [9.17, 15) is 14.4 Å². The summed E-state index contributed by atoms with van der Waals surface area (Å²) in [5, 5.41) is 5.09. The van der Waals surface area contributed by atoms with Gasteiger partial charge < -0.3 is 26.6 Å². The van der Waals surface area contributed by atoms with Crippen LogP contribution < -0.4 is 26.6 Å². The van der Waals surface area contributed by atoms with Crippen LogP contribution in [0.15, 0.2) is 84.9 Å². The Morgan fingerprint density at radius 3 is 2.27 bits per heavy atom. The van der Waals surface area contributed by atoms with E-state index in [-0.39, 0.29) is 24.9 Å². The Morgan fingerprint density at radius 1 is 0.950 bits per heavy atom. The van der Waals surface area contributed by atoms with Crippen molar-refractivity contribution in [3.8, 4) is 0 Å². The Morgan fingerprint density at radius 2 is 1.60 bits per heavy atom. The number of aryl methyl sites for hydroxylation is 1. The van der Waals surface area contributed by atoms with Crippen LogP contribution in [-0.2, 0) is 16.1 Å². The first-order chi connectivity index (χ1) is 19.2. The zero-order valence-electron chi connectivity index (χ0n) is 22.8. The second-order valence-electron chi connectivity index (χ2n) is 10.4. The molecule has 3 amide bonds. The lowest BCUT2D eigenvalue weighted by molar-refractivity contribution is -0.133. The number of carbonyl (C=O) groups is 3. The maximum atomic E-state index is 14.5. The largest absolute Gasteiger partial charge is 0.399 e. The van der Waals surface area contributed by atoms with Crippen LogP contribution in [0, 0.1) is 12.8 Å². The molecule has 0 saturated carbocycles. The summed E-state index contributed by atoms with van der Waals surface area (Å²) in [6.45, 7) is 3.83. The van der Waals surface area contributed by atoms with E-state index in [1.54, 1.807) is 48.0 Å². The van der Waals surface area contributed by atoms with Gasteiger partial charge in [-0.3, -0.25) is 14.4 Å². The van der Waals surface area contributed by atoms with Crippen LogP contribution in [-0.4, -0.2) is 36.9 Å². The number of primary amides is 1. The van der Waals surface area contributed by atoms with Crippen molar-refractivity contribution in [3.63, 3.8) is 0 Å². The topological polar surface area (TPSA) is 122 Å². The first-order valence-electron chi connectivity index (χ1n) is 13.2. The average Bonchev–Trinajstić information content (AvgIpc) is 3.08. The molecule has 0 fully saturated rings. The van der Waals surface area contributed by atoms with E-state index in [4.69, 9.17) is 11.5 Å². The predicted molar refractivity (Wildman–Crippen MR) is 159 cm³/mol. The number of para-hydroxylation sites is 2. The number of benzene rings is 4. The lowest BCUT2D eigenvalue weighted by Gasteiger charge is -2.36.